The Balaban J connectivity index is 2.43. The van der Waals surface area contributed by atoms with Crippen molar-refractivity contribution in [2.24, 2.45) is 0 Å². The normalized spacial score (nSPS) is 11.1. The third kappa shape index (κ3) is 3.17. The Bertz CT molecular complexity index is 818. The van der Waals surface area contributed by atoms with Gasteiger partial charge in [-0.1, -0.05) is 25.1 Å². The summed E-state index contributed by atoms with van der Waals surface area (Å²) >= 11 is 0. The predicted molar refractivity (Wildman–Crippen MR) is 81.4 cm³/mol. The van der Waals surface area contributed by atoms with Crippen molar-refractivity contribution in [3.05, 3.63) is 58.1 Å². The number of aryl methyl sites for hydroxylation is 1. The lowest BCUT2D eigenvalue weighted by atomic mass is 10.1. The van der Waals surface area contributed by atoms with Gasteiger partial charge in [0.15, 0.2) is 5.75 Å². The minimum absolute atomic E-state index is 0.289. The van der Waals surface area contributed by atoms with E-state index < -0.39 is 26.4 Å². The molecule has 0 unspecified atom stereocenters. The van der Waals surface area contributed by atoms with Gasteiger partial charge >= 0.3 is 5.69 Å². The number of sulfonamides is 1. The number of nitrogens with one attached hydrogen (secondary N) is 1. The molecule has 0 spiro atoms. The lowest BCUT2D eigenvalue weighted by Gasteiger charge is -2.11. The number of hydrogen-bond acceptors (Lipinski definition) is 5. The van der Waals surface area contributed by atoms with Crippen molar-refractivity contribution in [1.82, 2.24) is 0 Å². The van der Waals surface area contributed by atoms with Gasteiger partial charge in [0.25, 0.3) is 10.0 Å². The molecule has 22 heavy (non-hydrogen) atoms. The van der Waals surface area contributed by atoms with Crippen LogP contribution in [0.5, 0.6) is 5.75 Å². The highest BCUT2D eigenvalue weighted by Crippen LogP contribution is 2.29. The standard InChI is InChI=1S/C14H14N2O5S/c1-2-10-5-3-4-6-12(10)15-22(20,21)11-7-8-14(17)13(9-11)16(18)19/h3-9,15,17H,2H2,1H3. The number of nitro groups is 1. The Labute approximate surface area is 127 Å². The van der Waals surface area contributed by atoms with Gasteiger partial charge in [0.1, 0.15) is 0 Å². The van der Waals surface area contributed by atoms with E-state index in [4.69, 9.17) is 0 Å². The molecule has 0 aliphatic heterocycles. The summed E-state index contributed by atoms with van der Waals surface area (Å²) in [6.07, 6.45) is 0.633. The van der Waals surface area contributed by atoms with Crippen molar-refractivity contribution in [3.63, 3.8) is 0 Å². The average Bonchev–Trinajstić information content (AvgIpc) is 2.47. The molecule has 0 aliphatic carbocycles. The van der Waals surface area contributed by atoms with E-state index >= 15 is 0 Å². The number of rotatable bonds is 5. The zero-order chi connectivity index (χ0) is 16.3. The first-order chi connectivity index (χ1) is 10.3. The molecule has 2 aromatic rings. The average molecular weight is 322 g/mol. The summed E-state index contributed by atoms with van der Waals surface area (Å²) < 4.78 is 27.1. The molecule has 0 aromatic heterocycles. The number of phenols is 1. The number of phenolic OH excluding ortho intramolecular Hbond substituents is 1. The SMILES string of the molecule is CCc1ccccc1NS(=O)(=O)c1ccc(O)c([N+](=O)[O-])c1. The van der Waals surface area contributed by atoms with Crippen LogP contribution < -0.4 is 4.72 Å². The van der Waals surface area contributed by atoms with E-state index in [0.717, 1.165) is 23.8 Å². The van der Waals surface area contributed by atoms with Gasteiger partial charge in [-0.3, -0.25) is 14.8 Å². The van der Waals surface area contributed by atoms with E-state index in [9.17, 15) is 23.6 Å². The van der Waals surface area contributed by atoms with Crippen molar-refractivity contribution in [1.29, 1.82) is 0 Å². The second-order valence-electron chi connectivity index (χ2n) is 4.52. The quantitative estimate of drug-likeness (QED) is 0.649. The summed E-state index contributed by atoms with van der Waals surface area (Å²) in [5, 5.41) is 20.2. The van der Waals surface area contributed by atoms with Crippen molar-refractivity contribution < 1.29 is 18.4 Å². The Hall–Kier alpha value is -2.61. The van der Waals surface area contributed by atoms with E-state index in [1.165, 1.54) is 0 Å². The van der Waals surface area contributed by atoms with Crippen LogP contribution in [0.3, 0.4) is 0 Å². The van der Waals surface area contributed by atoms with Gasteiger partial charge in [0.05, 0.1) is 15.5 Å². The van der Waals surface area contributed by atoms with E-state index in [0.29, 0.717) is 12.1 Å². The van der Waals surface area contributed by atoms with Gasteiger partial charge in [-0.05, 0) is 30.2 Å². The molecule has 7 nitrogen and oxygen atoms in total. The highest BCUT2D eigenvalue weighted by Gasteiger charge is 2.21. The van der Waals surface area contributed by atoms with Crippen LogP contribution in [-0.2, 0) is 16.4 Å². The minimum Gasteiger partial charge on any atom is -0.502 e. The molecule has 2 rings (SSSR count). The first-order valence-corrected chi connectivity index (χ1v) is 7.91. The minimum atomic E-state index is -3.98. The summed E-state index contributed by atoms with van der Waals surface area (Å²) in [6, 6.07) is 9.81. The maximum atomic E-state index is 12.3. The van der Waals surface area contributed by atoms with Crippen LogP contribution >= 0.6 is 0 Å². The van der Waals surface area contributed by atoms with Gasteiger partial charge in [-0.2, -0.15) is 0 Å². The summed E-state index contributed by atoms with van der Waals surface area (Å²) in [5.74, 6) is -0.585. The summed E-state index contributed by atoms with van der Waals surface area (Å²) in [6.45, 7) is 1.89. The molecule has 2 N–H and O–H groups in total. The number of anilines is 1. The summed E-state index contributed by atoms with van der Waals surface area (Å²) in [7, 11) is -3.98. The van der Waals surface area contributed by atoms with Gasteiger partial charge in [0.2, 0.25) is 0 Å². The van der Waals surface area contributed by atoms with Gasteiger partial charge in [0, 0.05) is 6.07 Å². The Morgan fingerprint density at radius 2 is 1.91 bits per heavy atom. The molecule has 8 heteroatoms. The monoisotopic (exact) mass is 322 g/mol. The van der Waals surface area contributed by atoms with Crippen LogP contribution in [0.4, 0.5) is 11.4 Å². The van der Waals surface area contributed by atoms with E-state index in [1.807, 2.05) is 6.92 Å². The smallest absolute Gasteiger partial charge is 0.312 e. The van der Waals surface area contributed by atoms with Crippen molar-refractivity contribution in [2.75, 3.05) is 4.72 Å². The molecule has 116 valence electrons. The number of benzene rings is 2. The van der Waals surface area contributed by atoms with E-state index in [-0.39, 0.29) is 4.90 Å². The third-order valence-corrected chi connectivity index (χ3v) is 4.46. The molecule has 0 saturated heterocycles. The Kier molecular flexibility index (Phi) is 4.32. The molecular weight excluding hydrogens is 308 g/mol. The van der Waals surface area contributed by atoms with Crippen LogP contribution in [0.2, 0.25) is 0 Å². The van der Waals surface area contributed by atoms with Crippen LogP contribution in [0.1, 0.15) is 12.5 Å². The molecule has 2 aromatic carbocycles. The molecule has 0 heterocycles. The first-order valence-electron chi connectivity index (χ1n) is 6.43. The topological polar surface area (TPSA) is 110 Å². The van der Waals surface area contributed by atoms with Gasteiger partial charge in [-0.15, -0.1) is 0 Å². The Morgan fingerprint density at radius 3 is 2.55 bits per heavy atom. The number of nitrogens with zero attached hydrogens (tertiary/aromatic N) is 1. The molecule has 0 atom stereocenters. The van der Waals surface area contributed by atoms with Crippen molar-refractivity contribution >= 4 is 21.4 Å². The van der Waals surface area contributed by atoms with Crippen molar-refractivity contribution in [2.45, 2.75) is 18.2 Å². The lowest BCUT2D eigenvalue weighted by molar-refractivity contribution is -0.386. The van der Waals surface area contributed by atoms with Crippen molar-refractivity contribution in [3.8, 4) is 5.75 Å². The highest BCUT2D eigenvalue weighted by molar-refractivity contribution is 7.92. The zero-order valence-corrected chi connectivity index (χ0v) is 12.5. The fourth-order valence-electron chi connectivity index (χ4n) is 1.95. The lowest BCUT2D eigenvalue weighted by Crippen LogP contribution is -2.14. The largest absolute Gasteiger partial charge is 0.502 e. The summed E-state index contributed by atoms with van der Waals surface area (Å²) in [4.78, 5) is 9.66. The zero-order valence-electron chi connectivity index (χ0n) is 11.7. The number of para-hydroxylation sites is 1. The van der Waals surface area contributed by atoms with Gasteiger partial charge in [-0.25, -0.2) is 8.42 Å². The molecule has 0 fully saturated rings. The molecule has 0 aliphatic rings. The highest BCUT2D eigenvalue weighted by atomic mass is 32.2. The van der Waals surface area contributed by atoms with E-state index in [1.54, 1.807) is 24.3 Å². The summed E-state index contributed by atoms with van der Waals surface area (Å²) in [5.41, 5.74) is 0.562. The van der Waals surface area contributed by atoms with Gasteiger partial charge < -0.3 is 5.11 Å². The molecule has 0 amide bonds. The molecule has 0 radical (unpaired) electrons. The predicted octanol–water partition coefficient (Wildman–Crippen LogP) is 2.66. The van der Waals surface area contributed by atoms with E-state index in [2.05, 4.69) is 4.72 Å². The maximum absolute atomic E-state index is 12.3. The number of nitro benzene ring substituents is 1. The Morgan fingerprint density at radius 1 is 1.23 bits per heavy atom. The van der Waals surface area contributed by atoms with Crippen LogP contribution in [-0.4, -0.2) is 18.4 Å². The molecule has 0 bridgehead atoms. The maximum Gasteiger partial charge on any atom is 0.312 e. The number of hydrogen-bond donors (Lipinski definition) is 2. The second kappa shape index (κ2) is 6.02. The van der Waals surface area contributed by atoms with Crippen LogP contribution in [0.25, 0.3) is 0 Å². The first kappa shape index (κ1) is 15.8. The van der Waals surface area contributed by atoms with Crippen LogP contribution in [0.15, 0.2) is 47.4 Å². The number of aromatic hydroxyl groups is 1. The molecular formula is C14H14N2O5S. The fourth-order valence-corrected chi connectivity index (χ4v) is 3.07. The third-order valence-electron chi connectivity index (χ3n) is 3.10. The molecule has 0 saturated carbocycles. The second-order valence-corrected chi connectivity index (χ2v) is 6.21. The fraction of sp³-hybridized carbons (Fsp3) is 0.143. The van der Waals surface area contributed by atoms with Crippen LogP contribution in [0, 0.1) is 10.1 Å².